The van der Waals surface area contributed by atoms with E-state index in [1.807, 2.05) is 24.3 Å². The van der Waals surface area contributed by atoms with Gasteiger partial charge in [-0.2, -0.15) is 0 Å². The van der Waals surface area contributed by atoms with E-state index in [-0.39, 0.29) is 0 Å². The first-order valence-electron chi connectivity index (χ1n) is 20.9. The number of nitrogens with zero attached hydrogens (tertiary/aromatic N) is 2. The number of fused-ring (bicyclic) bond motifs is 17. The molecule has 0 fully saturated rings. The molecule has 0 aliphatic heterocycles. The van der Waals surface area contributed by atoms with Crippen molar-refractivity contribution in [1.82, 2.24) is 4.57 Å². The standard InChI is InChI=1S/C57H34N2O2/c1-8-18-52-35(11-1)29-30-58(52)36-21-25-42-43-26-22-39(34-51(43)57(50(42)33-36)48-16-6-2-12-40(48)41-13-3-7-17-49(41)57)59(37-23-27-55-46(31-37)44-14-4-9-19-53(44)60-55)38-24-28-56-47(32-38)45-15-5-10-20-54(45)61-56/h1-34H. The second kappa shape index (κ2) is 12.0. The van der Waals surface area contributed by atoms with E-state index >= 15 is 0 Å². The van der Waals surface area contributed by atoms with Gasteiger partial charge in [-0.05, 0) is 135 Å². The predicted molar refractivity (Wildman–Crippen MR) is 249 cm³/mol. The van der Waals surface area contributed by atoms with Crippen molar-refractivity contribution < 1.29 is 8.83 Å². The molecular formula is C57H34N2O2. The third kappa shape index (κ3) is 4.38. The van der Waals surface area contributed by atoms with E-state index in [1.165, 1.54) is 55.4 Å². The van der Waals surface area contributed by atoms with Gasteiger partial charge in [0.25, 0.3) is 0 Å². The van der Waals surface area contributed by atoms with E-state index in [9.17, 15) is 0 Å². The number of hydrogen-bond acceptors (Lipinski definition) is 3. The van der Waals surface area contributed by atoms with Gasteiger partial charge >= 0.3 is 0 Å². The first-order chi connectivity index (χ1) is 30.2. The number of para-hydroxylation sites is 3. The maximum Gasteiger partial charge on any atom is 0.135 e. The van der Waals surface area contributed by atoms with E-state index in [1.54, 1.807) is 0 Å². The van der Waals surface area contributed by atoms with Gasteiger partial charge in [-0.3, -0.25) is 0 Å². The van der Waals surface area contributed by atoms with Gasteiger partial charge < -0.3 is 18.3 Å². The van der Waals surface area contributed by atoms with Crippen LogP contribution < -0.4 is 4.90 Å². The van der Waals surface area contributed by atoms with E-state index in [0.717, 1.165) is 66.6 Å². The van der Waals surface area contributed by atoms with Gasteiger partial charge in [0, 0.05) is 50.5 Å². The molecule has 0 N–H and O–H groups in total. The fourth-order valence-electron chi connectivity index (χ4n) is 10.9. The van der Waals surface area contributed by atoms with Crippen LogP contribution in [0.15, 0.2) is 215 Å². The van der Waals surface area contributed by atoms with Crippen molar-refractivity contribution in [1.29, 1.82) is 0 Å². The maximum absolute atomic E-state index is 6.35. The number of aromatic nitrogens is 1. The lowest BCUT2D eigenvalue weighted by Crippen LogP contribution is -2.26. The Morgan fingerprint density at radius 2 is 0.852 bits per heavy atom. The Kier molecular flexibility index (Phi) is 6.46. The summed E-state index contributed by atoms with van der Waals surface area (Å²) in [5, 5.41) is 5.60. The highest BCUT2D eigenvalue weighted by molar-refractivity contribution is 6.09. The lowest BCUT2D eigenvalue weighted by Gasteiger charge is -2.32. The molecule has 61 heavy (non-hydrogen) atoms. The predicted octanol–water partition coefficient (Wildman–Crippen LogP) is 15.2. The number of benzene rings is 9. The van der Waals surface area contributed by atoms with Crippen LogP contribution >= 0.6 is 0 Å². The first kappa shape index (κ1) is 32.8. The van der Waals surface area contributed by atoms with Crippen LogP contribution in [0.5, 0.6) is 0 Å². The molecule has 4 nitrogen and oxygen atoms in total. The van der Waals surface area contributed by atoms with E-state index in [2.05, 4.69) is 192 Å². The quantitative estimate of drug-likeness (QED) is 0.178. The van der Waals surface area contributed by atoms with Gasteiger partial charge in [-0.1, -0.05) is 115 Å². The lowest BCUT2D eigenvalue weighted by molar-refractivity contribution is 0.668. The van der Waals surface area contributed by atoms with Crippen LogP contribution in [0.2, 0.25) is 0 Å². The molecule has 12 aromatic rings. The molecule has 9 aromatic carbocycles. The normalized spacial score (nSPS) is 13.4. The fraction of sp³-hybridized carbons (Fsp3) is 0.0175. The van der Waals surface area contributed by atoms with Crippen LogP contribution in [0.1, 0.15) is 22.3 Å². The van der Waals surface area contributed by atoms with Gasteiger partial charge in [0.05, 0.1) is 10.9 Å². The van der Waals surface area contributed by atoms with Crippen molar-refractivity contribution >= 4 is 71.8 Å². The van der Waals surface area contributed by atoms with Gasteiger partial charge in [0.1, 0.15) is 22.3 Å². The molecule has 2 aliphatic carbocycles. The Morgan fingerprint density at radius 1 is 0.361 bits per heavy atom. The van der Waals surface area contributed by atoms with E-state index < -0.39 is 5.41 Å². The van der Waals surface area contributed by atoms with Crippen molar-refractivity contribution in [2.24, 2.45) is 0 Å². The Morgan fingerprint density at radius 3 is 1.52 bits per heavy atom. The largest absolute Gasteiger partial charge is 0.456 e. The highest BCUT2D eigenvalue weighted by atomic mass is 16.3. The Balaban J connectivity index is 1.05. The summed E-state index contributed by atoms with van der Waals surface area (Å²) in [6.07, 6.45) is 2.20. The topological polar surface area (TPSA) is 34.5 Å². The zero-order valence-corrected chi connectivity index (χ0v) is 32.8. The molecular weight excluding hydrogens is 745 g/mol. The summed E-state index contributed by atoms with van der Waals surface area (Å²) >= 11 is 0. The molecule has 4 heteroatoms. The van der Waals surface area contributed by atoms with Crippen molar-refractivity contribution in [3.05, 3.63) is 229 Å². The molecule has 3 aromatic heterocycles. The minimum absolute atomic E-state index is 0.548. The molecule has 0 saturated carbocycles. The Bertz CT molecular complexity index is 3650. The first-order valence-corrected chi connectivity index (χ1v) is 20.9. The van der Waals surface area contributed by atoms with Crippen molar-refractivity contribution in [3.8, 4) is 27.9 Å². The summed E-state index contributed by atoms with van der Waals surface area (Å²) < 4.78 is 15.0. The van der Waals surface area contributed by atoms with Crippen LogP contribution in [0.3, 0.4) is 0 Å². The molecule has 2 aliphatic rings. The summed E-state index contributed by atoms with van der Waals surface area (Å²) in [6.45, 7) is 0. The number of anilines is 3. The molecule has 14 rings (SSSR count). The van der Waals surface area contributed by atoms with Gasteiger partial charge in [-0.15, -0.1) is 0 Å². The summed E-state index contributed by atoms with van der Waals surface area (Å²) in [5.74, 6) is 0. The Hall–Kier alpha value is -8.08. The average molecular weight is 779 g/mol. The van der Waals surface area contributed by atoms with Crippen molar-refractivity contribution in [3.63, 3.8) is 0 Å². The molecule has 0 radical (unpaired) electrons. The molecule has 3 heterocycles. The third-order valence-electron chi connectivity index (χ3n) is 13.4. The highest BCUT2D eigenvalue weighted by Gasteiger charge is 2.52. The second-order valence-electron chi connectivity index (χ2n) is 16.4. The number of rotatable bonds is 4. The van der Waals surface area contributed by atoms with Crippen molar-refractivity contribution in [2.75, 3.05) is 4.90 Å². The molecule has 0 unspecified atom stereocenters. The average Bonchev–Trinajstić information content (AvgIpc) is 4.13. The molecule has 1 spiro atoms. The second-order valence-corrected chi connectivity index (χ2v) is 16.4. The van der Waals surface area contributed by atoms with Crippen LogP contribution in [0.25, 0.3) is 82.7 Å². The summed E-state index contributed by atoms with van der Waals surface area (Å²) in [7, 11) is 0. The summed E-state index contributed by atoms with van der Waals surface area (Å²) in [5.41, 5.74) is 18.8. The minimum atomic E-state index is -0.548. The zero-order valence-electron chi connectivity index (χ0n) is 32.8. The molecule has 0 atom stereocenters. The Labute approximate surface area is 350 Å². The van der Waals surface area contributed by atoms with Crippen molar-refractivity contribution in [2.45, 2.75) is 5.41 Å². The lowest BCUT2D eigenvalue weighted by atomic mass is 9.70. The van der Waals surface area contributed by atoms with Crippen LogP contribution in [0, 0.1) is 0 Å². The molecule has 0 amide bonds. The zero-order chi connectivity index (χ0) is 39.8. The summed E-state index contributed by atoms with van der Waals surface area (Å²) in [4.78, 5) is 2.41. The number of hydrogen-bond donors (Lipinski definition) is 0. The highest BCUT2D eigenvalue weighted by Crippen LogP contribution is 2.63. The smallest absolute Gasteiger partial charge is 0.135 e. The van der Waals surface area contributed by atoms with E-state index in [0.29, 0.717) is 0 Å². The molecule has 284 valence electrons. The van der Waals surface area contributed by atoms with Crippen LogP contribution in [-0.2, 0) is 5.41 Å². The van der Waals surface area contributed by atoms with E-state index in [4.69, 9.17) is 8.83 Å². The monoisotopic (exact) mass is 778 g/mol. The SMILES string of the molecule is c1ccc2c(c1)-c1ccccc1C21c2cc(N(c3ccc4oc5ccccc5c4c3)c3ccc4oc5ccccc5c4c3)ccc2-c2ccc(-n3ccc4ccccc43)cc21. The third-order valence-corrected chi connectivity index (χ3v) is 13.4. The number of furan rings is 2. The fourth-order valence-corrected chi connectivity index (χ4v) is 10.9. The summed E-state index contributed by atoms with van der Waals surface area (Å²) in [6, 6.07) is 72.9. The van der Waals surface area contributed by atoms with Gasteiger partial charge in [0.15, 0.2) is 0 Å². The molecule has 0 saturated heterocycles. The maximum atomic E-state index is 6.35. The van der Waals surface area contributed by atoms with Gasteiger partial charge in [0.2, 0.25) is 0 Å². The minimum Gasteiger partial charge on any atom is -0.456 e. The van der Waals surface area contributed by atoms with Crippen LogP contribution in [0.4, 0.5) is 17.1 Å². The van der Waals surface area contributed by atoms with Crippen LogP contribution in [-0.4, -0.2) is 4.57 Å². The molecule has 0 bridgehead atoms. The van der Waals surface area contributed by atoms with Gasteiger partial charge in [-0.25, -0.2) is 0 Å².